The second-order valence-electron chi connectivity index (χ2n) is 11.5. The summed E-state index contributed by atoms with van der Waals surface area (Å²) >= 11 is 0. The Hall–Kier alpha value is -3.83. The van der Waals surface area contributed by atoms with E-state index in [4.69, 9.17) is 5.73 Å². The summed E-state index contributed by atoms with van der Waals surface area (Å²) in [6.45, 7) is 3.74. The van der Waals surface area contributed by atoms with E-state index in [9.17, 15) is 5.11 Å². The minimum absolute atomic E-state index is 0.187. The lowest BCUT2D eigenvalue weighted by Gasteiger charge is -2.43. The number of nitrogens with two attached hydrogens (primary N) is 1. The number of hydrogen-bond acceptors (Lipinski definition) is 8. The van der Waals surface area contributed by atoms with E-state index in [2.05, 4.69) is 53.9 Å². The molecule has 8 heteroatoms. The predicted molar refractivity (Wildman–Crippen MR) is 153 cm³/mol. The minimum atomic E-state index is 0.187. The van der Waals surface area contributed by atoms with Gasteiger partial charge < -0.3 is 20.6 Å². The molecule has 3 saturated heterocycles. The van der Waals surface area contributed by atoms with E-state index < -0.39 is 0 Å². The number of pyridine rings is 1. The van der Waals surface area contributed by atoms with Gasteiger partial charge in [-0.05, 0) is 87.2 Å². The van der Waals surface area contributed by atoms with Crippen LogP contribution in [0.4, 0.5) is 17.2 Å². The number of phenols is 1. The van der Waals surface area contributed by atoms with Crippen LogP contribution in [-0.2, 0) is 0 Å². The number of benzene rings is 1. The zero-order valence-corrected chi connectivity index (χ0v) is 22.2. The lowest BCUT2D eigenvalue weighted by atomic mass is 9.99. The van der Waals surface area contributed by atoms with Gasteiger partial charge in [0.05, 0.1) is 17.9 Å². The van der Waals surface area contributed by atoms with Crippen LogP contribution in [-0.4, -0.2) is 69.5 Å². The van der Waals surface area contributed by atoms with Crippen molar-refractivity contribution in [3.8, 4) is 28.8 Å². The first-order valence-corrected chi connectivity index (χ1v) is 14.3. The van der Waals surface area contributed by atoms with Crippen LogP contribution in [0, 0.1) is 17.8 Å². The van der Waals surface area contributed by atoms with Gasteiger partial charge in [0.15, 0.2) is 5.82 Å². The number of piperidine rings is 1. The van der Waals surface area contributed by atoms with Crippen molar-refractivity contribution in [2.45, 2.75) is 56.7 Å². The predicted octanol–water partition coefficient (Wildman–Crippen LogP) is 3.91. The lowest BCUT2D eigenvalue weighted by Crippen LogP contribution is -2.54. The van der Waals surface area contributed by atoms with Crippen molar-refractivity contribution in [1.82, 2.24) is 20.1 Å². The Bertz CT molecular complexity index is 1420. The summed E-state index contributed by atoms with van der Waals surface area (Å²) in [5.74, 6) is 8.34. The van der Waals surface area contributed by atoms with E-state index in [0.717, 1.165) is 55.8 Å². The third-order valence-corrected chi connectivity index (χ3v) is 9.20. The van der Waals surface area contributed by atoms with Gasteiger partial charge in [-0.1, -0.05) is 18.1 Å². The first-order chi connectivity index (χ1) is 19.1. The van der Waals surface area contributed by atoms with Crippen molar-refractivity contribution in [1.29, 1.82) is 0 Å². The van der Waals surface area contributed by atoms with Crippen LogP contribution in [0.3, 0.4) is 0 Å². The van der Waals surface area contributed by atoms with Crippen LogP contribution in [0.1, 0.15) is 44.2 Å². The van der Waals surface area contributed by atoms with Crippen molar-refractivity contribution in [2.24, 2.45) is 5.92 Å². The average Bonchev–Trinajstić information content (AvgIpc) is 3.47. The number of nitrogens with zero attached hydrogens (tertiary/aromatic N) is 6. The SMILES string of the molecule is Nc1nnc(-c2ccccc2O)cc1N1CC2CCC(C1)N2c1ccnc(C#CCN2CCC3CCC2C3)c1. The maximum Gasteiger partial charge on any atom is 0.169 e. The Balaban J connectivity index is 1.07. The van der Waals surface area contributed by atoms with Crippen molar-refractivity contribution < 1.29 is 5.11 Å². The molecular formula is C31H35N7O. The normalized spacial score (nSPS) is 25.9. The number of likely N-dealkylation sites (tertiary alicyclic amines) is 1. The lowest BCUT2D eigenvalue weighted by molar-refractivity contribution is 0.176. The van der Waals surface area contributed by atoms with Crippen molar-refractivity contribution in [2.75, 3.05) is 41.7 Å². The summed E-state index contributed by atoms with van der Waals surface area (Å²) in [7, 11) is 0. The second-order valence-corrected chi connectivity index (χ2v) is 11.5. The summed E-state index contributed by atoms with van der Waals surface area (Å²) in [6, 6.07) is 14.9. The fraction of sp³-hybridized carbons (Fsp3) is 0.452. The molecule has 0 radical (unpaired) electrons. The summed E-state index contributed by atoms with van der Waals surface area (Å²) in [6.07, 6.45) is 9.59. The molecule has 8 nitrogen and oxygen atoms in total. The van der Waals surface area contributed by atoms with E-state index in [-0.39, 0.29) is 5.75 Å². The Morgan fingerprint density at radius 1 is 0.949 bits per heavy atom. The molecule has 4 bridgehead atoms. The molecule has 39 heavy (non-hydrogen) atoms. The van der Waals surface area contributed by atoms with E-state index in [1.807, 2.05) is 24.4 Å². The Morgan fingerprint density at radius 3 is 2.62 bits per heavy atom. The van der Waals surface area contributed by atoms with Gasteiger partial charge in [0.25, 0.3) is 0 Å². The number of fused-ring (bicyclic) bond motifs is 4. The molecule has 5 heterocycles. The van der Waals surface area contributed by atoms with Crippen molar-refractivity contribution in [3.63, 3.8) is 0 Å². The largest absolute Gasteiger partial charge is 0.507 e. The number of nitrogen functional groups attached to an aromatic ring is 1. The molecular weight excluding hydrogens is 486 g/mol. The van der Waals surface area contributed by atoms with E-state index in [1.54, 1.807) is 12.1 Å². The zero-order valence-electron chi connectivity index (χ0n) is 22.2. The third kappa shape index (κ3) is 4.65. The molecule has 3 N–H and O–H groups in total. The second kappa shape index (κ2) is 10.0. The molecule has 2 aromatic heterocycles. The number of anilines is 3. The molecule has 3 aliphatic heterocycles. The summed E-state index contributed by atoms with van der Waals surface area (Å²) in [5.41, 5.74) is 10.5. The highest BCUT2D eigenvalue weighted by atomic mass is 16.3. The van der Waals surface area contributed by atoms with Gasteiger partial charge in [0, 0.05) is 48.7 Å². The van der Waals surface area contributed by atoms with Gasteiger partial charge in [-0.2, -0.15) is 0 Å². The summed E-state index contributed by atoms with van der Waals surface area (Å²) < 4.78 is 0. The van der Waals surface area contributed by atoms with Gasteiger partial charge in [0.2, 0.25) is 0 Å². The summed E-state index contributed by atoms with van der Waals surface area (Å²) in [5, 5.41) is 18.8. The van der Waals surface area contributed by atoms with Crippen LogP contribution in [0.5, 0.6) is 5.75 Å². The Labute approximate surface area is 229 Å². The van der Waals surface area contributed by atoms with Crippen LogP contribution < -0.4 is 15.5 Å². The quantitative estimate of drug-likeness (QED) is 0.499. The third-order valence-electron chi connectivity index (χ3n) is 9.20. The molecule has 200 valence electrons. The fourth-order valence-electron chi connectivity index (χ4n) is 7.25. The maximum atomic E-state index is 10.3. The van der Waals surface area contributed by atoms with Crippen LogP contribution in [0.25, 0.3) is 11.3 Å². The van der Waals surface area contributed by atoms with Crippen molar-refractivity contribution >= 4 is 17.2 Å². The molecule has 4 fully saturated rings. The number of aromatic hydroxyl groups is 1. The smallest absolute Gasteiger partial charge is 0.169 e. The van der Waals surface area contributed by atoms with Crippen LogP contribution in [0.2, 0.25) is 0 Å². The Morgan fingerprint density at radius 2 is 1.77 bits per heavy atom. The highest BCUT2D eigenvalue weighted by Gasteiger charge is 2.41. The summed E-state index contributed by atoms with van der Waals surface area (Å²) in [4.78, 5) is 12.0. The molecule has 4 aliphatic rings. The first kappa shape index (κ1) is 24.2. The molecule has 1 aliphatic carbocycles. The number of phenolic OH excluding ortho intramolecular Hbond substituents is 1. The van der Waals surface area contributed by atoms with Gasteiger partial charge in [-0.15, -0.1) is 10.2 Å². The maximum absolute atomic E-state index is 10.3. The molecule has 4 atom stereocenters. The first-order valence-electron chi connectivity index (χ1n) is 14.3. The van der Waals surface area contributed by atoms with Crippen LogP contribution >= 0.6 is 0 Å². The molecule has 0 spiro atoms. The topological polar surface area (TPSA) is 94.6 Å². The zero-order chi connectivity index (χ0) is 26.3. The Kier molecular flexibility index (Phi) is 6.24. The minimum Gasteiger partial charge on any atom is -0.507 e. The van der Waals surface area contributed by atoms with E-state index in [1.165, 1.54) is 37.9 Å². The molecule has 3 aromatic rings. The van der Waals surface area contributed by atoms with Gasteiger partial charge >= 0.3 is 0 Å². The van der Waals surface area contributed by atoms with Crippen molar-refractivity contribution in [3.05, 3.63) is 54.4 Å². The van der Waals surface area contributed by atoms with E-state index >= 15 is 0 Å². The monoisotopic (exact) mass is 521 g/mol. The number of aromatic nitrogens is 3. The standard InChI is InChI=1S/C31H35N7O/c32-31-29(18-28(34-35-31)27-5-1-2-6-30(27)39)37-19-25-9-10-26(20-37)38(25)24-11-13-33-22(17-24)4-3-14-36-15-12-21-7-8-23(36)16-21/h1-2,5-6,11,13,17-18,21,23,25-26,39H,7-10,12,14-16,19-20H2,(H2,32,35). The average molecular weight is 522 g/mol. The van der Waals surface area contributed by atoms with Crippen LogP contribution in [0.15, 0.2) is 48.7 Å². The number of rotatable bonds is 4. The van der Waals surface area contributed by atoms with Gasteiger partial charge in [0.1, 0.15) is 11.4 Å². The molecule has 0 amide bonds. The number of piperazine rings is 1. The fourth-order valence-corrected chi connectivity index (χ4v) is 7.25. The molecule has 7 rings (SSSR count). The highest BCUT2D eigenvalue weighted by Crippen LogP contribution is 2.39. The van der Waals surface area contributed by atoms with Gasteiger partial charge in [-0.3, -0.25) is 4.90 Å². The highest BCUT2D eigenvalue weighted by molar-refractivity contribution is 5.74. The number of hydrogen-bond donors (Lipinski definition) is 2. The molecule has 1 saturated carbocycles. The van der Waals surface area contributed by atoms with E-state index in [0.29, 0.717) is 29.2 Å². The number of para-hydroxylation sites is 1. The molecule has 1 aromatic carbocycles. The molecule has 4 unspecified atom stereocenters. The van der Waals surface area contributed by atoms with Gasteiger partial charge in [-0.25, -0.2) is 4.98 Å².